The van der Waals surface area contributed by atoms with Crippen LogP contribution in [-0.4, -0.2) is 31.2 Å². The zero-order valence-corrected chi connectivity index (χ0v) is 10.5. The van der Waals surface area contributed by atoms with Crippen LogP contribution in [0.15, 0.2) is 36.5 Å². The molecule has 6 heteroatoms. The first-order chi connectivity index (χ1) is 9.06. The van der Waals surface area contributed by atoms with Crippen molar-refractivity contribution in [2.45, 2.75) is 25.5 Å². The molecule has 1 unspecified atom stereocenters. The van der Waals surface area contributed by atoms with E-state index in [9.17, 15) is 9.90 Å². The molecule has 1 aromatic carbocycles. The lowest BCUT2D eigenvalue weighted by Gasteiger charge is -2.17. The van der Waals surface area contributed by atoms with Crippen molar-refractivity contribution in [1.29, 1.82) is 0 Å². The molecule has 0 aliphatic rings. The summed E-state index contributed by atoms with van der Waals surface area (Å²) >= 11 is 0. The molecule has 2 rings (SSSR count). The second kappa shape index (κ2) is 5.19. The lowest BCUT2D eigenvalue weighted by molar-refractivity contribution is -0.160. The van der Waals surface area contributed by atoms with E-state index in [4.69, 9.17) is 5.11 Å². The van der Waals surface area contributed by atoms with Gasteiger partial charge in [0.1, 0.15) is 5.69 Å². The Morgan fingerprint density at radius 3 is 2.63 bits per heavy atom. The number of hydrogen-bond donors (Lipinski definition) is 2. The predicted octanol–water partition coefficient (Wildman–Crippen LogP) is 1.01. The van der Waals surface area contributed by atoms with Gasteiger partial charge in [-0.05, 0) is 12.0 Å². The van der Waals surface area contributed by atoms with Gasteiger partial charge in [-0.25, -0.2) is 9.48 Å². The van der Waals surface area contributed by atoms with Gasteiger partial charge in [0, 0.05) is 0 Å². The van der Waals surface area contributed by atoms with Crippen LogP contribution < -0.4 is 0 Å². The third-order valence-electron chi connectivity index (χ3n) is 3.02. The van der Waals surface area contributed by atoms with Crippen LogP contribution >= 0.6 is 0 Å². The summed E-state index contributed by atoms with van der Waals surface area (Å²) in [6.07, 6.45) is 1.50. The van der Waals surface area contributed by atoms with Crippen LogP contribution in [0.1, 0.15) is 24.6 Å². The Hall–Kier alpha value is -2.21. The number of carbonyl (C=O) groups is 1. The summed E-state index contributed by atoms with van der Waals surface area (Å²) in [6, 6.07) is 9.60. The van der Waals surface area contributed by atoms with Crippen LogP contribution in [0.2, 0.25) is 0 Å². The van der Waals surface area contributed by atoms with Crippen molar-refractivity contribution in [1.82, 2.24) is 15.0 Å². The van der Waals surface area contributed by atoms with Crippen molar-refractivity contribution in [3.8, 4) is 0 Å². The fourth-order valence-corrected chi connectivity index (χ4v) is 1.78. The van der Waals surface area contributed by atoms with Crippen molar-refractivity contribution in [2.75, 3.05) is 0 Å². The zero-order chi connectivity index (χ0) is 13.9. The lowest BCUT2D eigenvalue weighted by Crippen LogP contribution is -2.35. The average Bonchev–Trinajstić information content (AvgIpc) is 2.87. The molecule has 100 valence electrons. The molecule has 0 amide bonds. The zero-order valence-electron chi connectivity index (χ0n) is 10.5. The number of nitrogens with zero attached hydrogens (tertiary/aromatic N) is 3. The molecule has 0 saturated heterocycles. The largest absolute Gasteiger partial charge is 0.479 e. The summed E-state index contributed by atoms with van der Waals surface area (Å²) in [5.41, 5.74) is -0.901. The van der Waals surface area contributed by atoms with Gasteiger partial charge in [-0.3, -0.25) is 0 Å². The van der Waals surface area contributed by atoms with Gasteiger partial charge in [0.05, 0.1) is 12.7 Å². The maximum Gasteiger partial charge on any atom is 0.342 e. The van der Waals surface area contributed by atoms with Gasteiger partial charge in [-0.2, -0.15) is 0 Å². The Morgan fingerprint density at radius 2 is 2.05 bits per heavy atom. The highest BCUT2D eigenvalue weighted by molar-refractivity contribution is 5.78. The molecule has 1 aromatic heterocycles. The van der Waals surface area contributed by atoms with E-state index >= 15 is 0 Å². The fourth-order valence-electron chi connectivity index (χ4n) is 1.78. The van der Waals surface area contributed by atoms with Crippen molar-refractivity contribution in [3.05, 3.63) is 47.8 Å². The molecule has 2 N–H and O–H groups in total. The number of benzene rings is 1. The summed E-state index contributed by atoms with van der Waals surface area (Å²) in [5.74, 6) is -1.32. The second-order valence-corrected chi connectivity index (χ2v) is 4.31. The van der Waals surface area contributed by atoms with E-state index in [2.05, 4.69) is 10.3 Å². The number of aliphatic carboxylic acids is 1. The minimum absolute atomic E-state index is 0.0341. The van der Waals surface area contributed by atoms with E-state index in [1.807, 2.05) is 30.3 Å². The van der Waals surface area contributed by atoms with Crippen LogP contribution in [0.4, 0.5) is 0 Å². The van der Waals surface area contributed by atoms with E-state index in [-0.39, 0.29) is 12.1 Å². The van der Waals surface area contributed by atoms with Crippen LogP contribution in [0, 0.1) is 0 Å². The fraction of sp³-hybridized carbons (Fsp3) is 0.308. The van der Waals surface area contributed by atoms with E-state index in [0.29, 0.717) is 6.54 Å². The van der Waals surface area contributed by atoms with Crippen molar-refractivity contribution in [2.24, 2.45) is 0 Å². The van der Waals surface area contributed by atoms with E-state index in [1.165, 1.54) is 10.9 Å². The minimum Gasteiger partial charge on any atom is -0.479 e. The molecule has 0 bridgehead atoms. The Labute approximate surface area is 110 Å². The lowest BCUT2D eigenvalue weighted by atomic mass is 9.98. The third kappa shape index (κ3) is 2.63. The molecule has 0 radical (unpaired) electrons. The van der Waals surface area contributed by atoms with E-state index in [0.717, 1.165) is 5.56 Å². The maximum absolute atomic E-state index is 11.1. The Morgan fingerprint density at radius 1 is 1.37 bits per heavy atom. The molecular formula is C13H15N3O3. The van der Waals surface area contributed by atoms with Gasteiger partial charge in [0.15, 0.2) is 0 Å². The quantitative estimate of drug-likeness (QED) is 0.838. The SMILES string of the molecule is CCC(O)(C(=O)O)c1cn(Cc2ccccc2)nn1. The van der Waals surface area contributed by atoms with Gasteiger partial charge >= 0.3 is 5.97 Å². The average molecular weight is 261 g/mol. The highest BCUT2D eigenvalue weighted by atomic mass is 16.4. The molecule has 0 fully saturated rings. The highest BCUT2D eigenvalue weighted by Gasteiger charge is 2.39. The van der Waals surface area contributed by atoms with Gasteiger partial charge in [-0.15, -0.1) is 5.10 Å². The smallest absolute Gasteiger partial charge is 0.342 e. The standard InChI is InChI=1S/C13H15N3O3/c1-2-13(19,12(17)18)11-9-16(15-14-11)8-10-6-4-3-5-7-10/h3-7,9,19H,2,8H2,1H3,(H,17,18). The molecule has 0 spiro atoms. The Balaban J connectivity index is 2.22. The predicted molar refractivity (Wildman–Crippen MR) is 67.4 cm³/mol. The van der Waals surface area contributed by atoms with Gasteiger partial charge in [0.25, 0.3) is 0 Å². The summed E-state index contributed by atoms with van der Waals surface area (Å²) in [4.78, 5) is 11.1. The first-order valence-electron chi connectivity index (χ1n) is 5.96. The highest BCUT2D eigenvalue weighted by Crippen LogP contribution is 2.22. The summed E-state index contributed by atoms with van der Waals surface area (Å²) in [5, 5.41) is 26.7. The molecule has 6 nitrogen and oxygen atoms in total. The molecule has 2 aromatic rings. The van der Waals surface area contributed by atoms with Crippen molar-refractivity contribution < 1.29 is 15.0 Å². The molecule has 0 aliphatic carbocycles. The van der Waals surface area contributed by atoms with E-state index in [1.54, 1.807) is 6.92 Å². The number of hydrogen-bond acceptors (Lipinski definition) is 4. The van der Waals surface area contributed by atoms with Crippen LogP contribution in [0.5, 0.6) is 0 Å². The molecule has 0 saturated carbocycles. The molecule has 1 atom stereocenters. The van der Waals surface area contributed by atoms with Crippen LogP contribution in [0.25, 0.3) is 0 Å². The maximum atomic E-state index is 11.1. The number of carboxylic acid groups (broad SMARTS) is 1. The topological polar surface area (TPSA) is 88.2 Å². The van der Waals surface area contributed by atoms with Gasteiger partial charge < -0.3 is 10.2 Å². The third-order valence-corrected chi connectivity index (χ3v) is 3.02. The number of aliphatic hydroxyl groups is 1. The summed E-state index contributed by atoms with van der Waals surface area (Å²) < 4.78 is 1.51. The summed E-state index contributed by atoms with van der Waals surface area (Å²) in [7, 11) is 0. The second-order valence-electron chi connectivity index (χ2n) is 4.31. The minimum atomic E-state index is -1.98. The van der Waals surface area contributed by atoms with Gasteiger partial charge in [0.2, 0.25) is 5.60 Å². The van der Waals surface area contributed by atoms with Crippen LogP contribution in [-0.2, 0) is 16.9 Å². The first-order valence-corrected chi connectivity index (χ1v) is 5.96. The number of carboxylic acids is 1. The molecular weight excluding hydrogens is 246 g/mol. The van der Waals surface area contributed by atoms with Crippen LogP contribution in [0.3, 0.4) is 0 Å². The normalized spacial score (nSPS) is 14.0. The monoisotopic (exact) mass is 261 g/mol. The van der Waals surface area contributed by atoms with Crippen molar-refractivity contribution >= 4 is 5.97 Å². The van der Waals surface area contributed by atoms with Gasteiger partial charge in [-0.1, -0.05) is 42.5 Å². The molecule has 19 heavy (non-hydrogen) atoms. The van der Waals surface area contributed by atoms with Crippen molar-refractivity contribution in [3.63, 3.8) is 0 Å². The Kier molecular flexibility index (Phi) is 3.62. The molecule has 0 aliphatic heterocycles. The first kappa shape index (κ1) is 13.2. The number of rotatable bonds is 5. The van der Waals surface area contributed by atoms with E-state index < -0.39 is 11.6 Å². The number of aromatic nitrogens is 3. The Bertz CT molecular complexity index is 568. The summed E-state index contributed by atoms with van der Waals surface area (Å²) in [6.45, 7) is 2.07. The molecule has 1 heterocycles.